The third-order valence-corrected chi connectivity index (χ3v) is 3.12. The lowest BCUT2D eigenvalue weighted by atomic mass is 10.1. The molecule has 0 unspecified atom stereocenters. The minimum absolute atomic E-state index is 0.0271. The molecule has 0 radical (unpaired) electrons. The van der Waals surface area contributed by atoms with Gasteiger partial charge >= 0.3 is 0 Å². The van der Waals surface area contributed by atoms with Crippen molar-refractivity contribution in [1.29, 1.82) is 0 Å². The van der Waals surface area contributed by atoms with Gasteiger partial charge in [0, 0.05) is 12.6 Å². The largest absolute Gasteiger partial charge is 0.493 e. The molecule has 0 spiro atoms. The quantitative estimate of drug-likeness (QED) is 0.771. The molecular weight excluding hydrogens is 226 g/mol. The molecule has 0 amide bonds. The third kappa shape index (κ3) is 4.96. The highest BCUT2D eigenvalue weighted by molar-refractivity contribution is 5.33. The van der Waals surface area contributed by atoms with E-state index in [0.717, 1.165) is 30.9 Å². The highest BCUT2D eigenvalue weighted by Crippen LogP contribution is 2.21. The Kier molecular flexibility index (Phi) is 6.58. The Balaban J connectivity index is 2.53. The topological polar surface area (TPSA) is 44.5 Å². The highest BCUT2D eigenvalue weighted by Gasteiger charge is 2.06. The maximum Gasteiger partial charge on any atom is 0.123 e. The molecule has 0 aliphatic heterocycles. The molecule has 0 heterocycles. The van der Waals surface area contributed by atoms with Crippen LogP contribution in [0, 0.1) is 5.92 Å². The van der Waals surface area contributed by atoms with Gasteiger partial charge in [-0.3, -0.25) is 0 Å². The molecule has 1 rings (SSSR count). The summed E-state index contributed by atoms with van der Waals surface area (Å²) in [7, 11) is 0. The van der Waals surface area contributed by atoms with Crippen molar-refractivity contribution in [1.82, 2.24) is 0 Å². The lowest BCUT2D eigenvalue weighted by molar-refractivity contribution is 0.222. The zero-order valence-electron chi connectivity index (χ0n) is 11.7. The van der Waals surface area contributed by atoms with Crippen molar-refractivity contribution in [2.75, 3.05) is 13.2 Å². The monoisotopic (exact) mass is 251 g/mol. The van der Waals surface area contributed by atoms with Crippen molar-refractivity contribution >= 4 is 0 Å². The molecule has 3 nitrogen and oxygen atoms in total. The van der Waals surface area contributed by atoms with Crippen molar-refractivity contribution in [3.05, 3.63) is 24.3 Å². The van der Waals surface area contributed by atoms with Crippen LogP contribution in [0.4, 0.5) is 0 Å². The molecule has 0 saturated carbocycles. The standard InChI is InChI=1S/C15H25NO2/c1-4-13(5-2)11-17-14-7-6-8-15(9-14)18-12(3)10-16/h6-9,12-13H,4-5,10-11,16H2,1-3H3/t12-/m1/s1. The summed E-state index contributed by atoms with van der Waals surface area (Å²) in [6.07, 6.45) is 2.33. The number of hydrogen-bond acceptors (Lipinski definition) is 3. The van der Waals surface area contributed by atoms with Crippen LogP contribution in [0.1, 0.15) is 33.6 Å². The van der Waals surface area contributed by atoms with E-state index in [1.807, 2.05) is 31.2 Å². The Labute approximate surface area is 110 Å². The summed E-state index contributed by atoms with van der Waals surface area (Å²) in [5.41, 5.74) is 5.54. The molecule has 3 heteroatoms. The fourth-order valence-electron chi connectivity index (χ4n) is 1.66. The van der Waals surface area contributed by atoms with E-state index in [1.54, 1.807) is 0 Å². The van der Waals surface area contributed by atoms with Crippen LogP contribution < -0.4 is 15.2 Å². The SMILES string of the molecule is CCC(CC)COc1cccc(O[C@H](C)CN)c1. The van der Waals surface area contributed by atoms with Crippen molar-refractivity contribution in [2.24, 2.45) is 11.7 Å². The molecule has 0 aliphatic rings. The maximum absolute atomic E-state index is 5.79. The zero-order valence-corrected chi connectivity index (χ0v) is 11.7. The van der Waals surface area contributed by atoms with Gasteiger partial charge in [-0.2, -0.15) is 0 Å². The molecule has 18 heavy (non-hydrogen) atoms. The van der Waals surface area contributed by atoms with Gasteiger partial charge < -0.3 is 15.2 Å². The fraction of sp³-hybridized carbons (Fsp3) is 0.600. The zero-order chi connectivity index (χ0) is 13.4. The highest BCUT2D eigenvalue weighted by atomic mass is 16.5. The molecule has 0 bridgehead atoms. The van der Waals surface area contributed by atoms with Gasteiger partial charge in [-0.1, -0.05) is 32.8 Å². The Morgan fingerprint density at radius 1 is 1.17 bits per heavy atom. The number of hydrogen-bond donors (Lipinski definition) is 1. The van der Waals surface area contributed by atoms with E-state index in [1.165, 1.54) is 0 Å². The van der Waals surface area contributed by atoms with Crippen LogP contribution >= 0.6 is 0 Å². The van der Waals surface area contributed by atoms with E-state index in [2.05, 4.69) is 13.8 Å². The van der Waals surface area contributed by atoms with Crippen LogP contribution in [0.5, 0.6) is 11.5 Å². The van der Waals surface area contributed by atoms with E-state index in [4.69, 9.17) is 15.2 Å². The molecule has 0 aromatic heterocycles. The van der Waals surface area contributed by atoms with E-state index in [-0.39, 0.29) is 6.10 Å². The number of benzene rings is 1. The molecule has 2 N–H and O–H groups in total. The van der Waals surface area contributed by atoms with Crippen molar-refractivity contribution < 1.29 is 9.47 Å². The average Bonchev–Trinajstić information content (AvgIpc) is 2.40. The number of ether oxygens (including phenoxy) is 2. The summed E-state index contributed by atoms with van der Waals surface area (Å²) >= 11 is 0. The van der Waals surface area contributed by atoms with Gasteiger partial charge in [0.15, 0.2) is 0 Å². The van der Waals surface area contributed by atoms with Gasteiger partial charge in [-0.05, 0) is 25.0 Å². The van der Waals surface area contributed by atoms with Gasteiger partial charge in [0.1, 0.15) is 17.6 Å². The lowest BCUT2D eigenvalue weighted by Gasteiger charge is -2.16. The summed E-state index contributed by atoms with van der Waals surface area (Å²) < 4.78 is 11.5. The first-order valence-corrected chi connectivity index (χ1v) is 6.79. The van der Waals surface area contributed by atoms with Gasteiger partial charge in [0.2, 0.25) is 0 Å². The van der Waals surface area contributed by atoms with Gasteiger partial charge in [-0.15, -0.1) is 0 Å². The van der Waals surface area contributed by atoms with Crippen LogP contribution in [0.25, 0.3) is 0 Å². The van der Waals surface area contributed by atoms with Crippen LogP contribution in [0.3, 0.4) is 0 Å². The number of nitrogens with two attached hydrogens (primary N) is 1. The lowest BCUT2D eigenvalue weighted by Crippen LogP contribution is -2.22. The smallest absolute Gasteiger partial charge is 0.123 e. The van der Waals surface area contributed by atoms with Gasteiger partial charge in [0.05, 0.1) is 6.61 Å². The summed E-state index contributed by atoms with van der Waals surface area (Å²) in [4.78, 5) is 0. The fourth-order valence-corrected chi connectivity index (χ4v) is 1.66. The van der Waals surface area contributed by atoms with Gasteiger partial charge in [-0.25, -0.2) is 0 Å². The molecular formula is C15H25NO2. The second-order valence-corrected chi connectivity index (χ2v) is 4.63. The molecule has 1 aromatic rings. The van der Waals surface area contributed by atoms with E-state index >= 15 is 0 Å². The van der Waals surface area contributed by atoms with Crippen LogP contribution in [-0.4, -0.2) is 19.3 Å². The summed E-state index contributed by atoms with van der Waals surface area (Å²) in [6.45, 7) is 7.62. The van der Waals surface area contributed by atoms with Crippen LogP contribution in [0.2, 0.25) is 0 Å². The molecule has 1 aromatic carbocycles. The molecule has 102 valence electrons. The van der Waals surface area contributed by atoms with E-state index in [9.17, 15) is 0 Å². The Morgan fingerprint density at radius 3 is 2.44 bits per heavy atom. The van der Waals surface area contributed by atoms with Crippen LogP contribution in [-0.2, 0) is 0 Å². The molecule has 0 fully saturated rings. The summed E-state index contributed by atoms with van der Waals surface area (Å²) in [5.74, 6) is 2.30. The predicted molar refractivity (Wildman–Crippen MR) is 75.2 cm³/mol. The summed E-state index contributed by atoms with van der Waals surface area (Å²) in [5, 5.41) is 0. The Morgan fingerprint density at radius 2 is 1.83 bits per heavy atom. The minimum Gasteiger partial charge on any atom is -0.493 e. The first-order valence-electron chi connectivity index (χ1n) is 6.79. The predicted octanol–water partition coefficient (Wildman–Crippen LogP) is 3.23. The normalized spacial score (nSPS) is 12.5. The second kappa shape index (κ2) is 7.98. The minimum atomic E-state index is 0.0271. The Hall–Kier alpha value is -1.22. The van der Waals surface area contributed by atoms with Crippen molar-refractivity contribution in [2.45, 2.75) is 39.7 Å². The Bertz CT molecular complexity index is 337. The maximum atomic E-state index is 5.79. The molecule has 1 atom stereocenters. The van der Waals surface area contributed by atoms with Crippen molar-refractivity contribution in [3.8, 4) is 11.5 Å². The molecule has 0 saturated heterocycles. The average molecular weight is 251 g/mol. The van der Waals surface area contributed by atoms with Crippen LogP contribution in [0.15, 0.2) is 24.3 Å². The van der Waals surface area contributed by atoms with Crippen molar-refractivity contribution in [3.63, 3.8) is 0 Å². The third-order valence-electron chi connectivity index (χ3n) is 3.12. The first-order chi connectivity index (χ1) is 8.69. The number of rotatable bonds is 8. The summed E-state index contributed by atoms with van der Waals surface area (Å²) in [6, 6.07) is 7.76. The van der Waals surface area contributed by atoms with E-state index < -0.39 is 0 Å². The first kappa shape index (κ1) is 14.8. The molecule has 0 aliphatic carbocycles. The van der Waals surface area contributed by atoms with E-state index in [0.29, 0.717) is 12.5 Å². The second-order valence-electron chi connectivity index (χ2n) is 4.63. The van der Waals surface area contributed by atoms with Gasteiger partial charge in [0.25, 0.3) is 0 Å².